The first-order chi connectivity index (χ1) is 13.7. The van der Waals surface area contributed by atoms with Crippen molar-refractivity contribution in [3.8, 4) is 5.75 Å². The molecule has 0 unspecified atom stereocenters. The number of sulfonamides is 1. The summed E-state index contributed by atoms with van der Waals surface area (Å²) in [6.07, 6.45) is 1.98. The van der Waals surface area contributed by atoms with E-state index in [1.807, 2.05) is 7.05 Å². The Hall–Kier alpha value is -2.58. The Balaban J connectivity index is 1.92. The Bertz CT molecular complexity index is 927. The van der Waals surface area contributed by atoms with Gasteiger partial charge < -0.3 is 14.4 Å². The van der Waals surface area contributed by atoms with E-state index in [0.29, 0.717) is 18.9 Å². The first-order valence-corrected chi connectivity index (χ1v) is 11.1. The summed E-state index contributed by atoms with van der Waals surface area (Å²) in [5, 5.41) is 0. The van der Waals surface area contributed by atoms with Crippen LogP contribution in [0.15, 0.2) is 42.5 Å². The number of rotatable bonds is 10. The molecule has 0 fully saturated rings. The molecule has 2 aromatic carbocycles. The number of ether oxygens (including phenoxy) is 2. The lowest BCUT2D eigenvalue weighted by Crippen LogP contribution is -2.26. The van der Waals surface area contributed by atoms with Crippen LogP contribution < -0.4 is 9.46 Å². The fraction of sp³-hybridized carbons (Fsp3) is 0.381. The SMILES string of the molecule is COC(=O)c1cc(NS(C)(=O)=O)ccc1OCCN(C)CCc1ccc(C)cc1. The van der Waals surface area contributed by atoms with Crippen molar-refractivity contribution < 1.29 is 22.7 Å². The molecule has 0 aliphatic heterocycles. The Morgan fingerprint density at radius 3 is 2.41 bits per heavy atom. The van der Waals surface area contributed by atoms with Gasteiger partial charge in [0.2, 0.25) is 10.0 Å². The van der Waals surface area contributed by atoms with Gasteiger partial charge in [0, 0.05) is 18.8 Å². The van der Waals surface area contributed by atoms with E-state index in [1.165, 1.54) is 24.3 Å². The Kier molecular flexibility index (Phi) is 8.04. The third-order valence-corrected chi connectivity index (χ3v) is 4.93. The molecule has 8 heteroatoms. The molecule has 0 radical (unpaired) electrons. The zero-order chi connectivity index (χ0) is 21.4. The van der Waals surface area contributed by atoms with E-state index in [9.17, 15) is 13.2 Å². The normalized spacial score (nSPS) is 11.3. The number of nitrogens with zero attached hydrogens (tertiary/aromatic N) is 1. The predicted molar refractivity (Wildman–Crippen MR) is 114 cm³/mol. The Labute approximate surface area is 172 Å². The average Bonchev–Trinajstić information content (AvgIpc) is 2.66. The lowest BCUT2D eigenvalue weighted by molar-refractivity contribution is 0.0595. The standard InChI is InChI=1S/C21H28N2O5S/c1-16-5-7-17(8-6-16)11-12-23(2)13-14-28-20-10-9-18(22-29(4,25)26)15-19(20)21(24)27-3/h5-10,15,22H,11-14H2,1-4H3. The second-order valence-corrected chi connectivity index (χ2v) is 8.71. The first-order valence-electron chi connectivity index (χ1n) is 9.25. The number of methoxy groups -OCH3 is 1. The monoisotopic (exact) mass is 420 g/mol. The fourth-order valence-corrected chi connectivity index (χ4v) is 3.26. The number of hydrogen-bond donors (Lipinski definition) is 1. The highest BCUT2D eigenvalue weighted by Gasteiger charge is 2.15. The molecule has 0 bridgehead atoms. The Morgan fingerprint density at radius 2 is 1.79 bits per heavy atom. The summed E-state index contributed by atoms with van der Waals surface area (Å²) in [5.41, 5.74) is 2.97. The molecule has 158 valence electrons. The number of anilines is 1. The predicted octanol–water partition coefficient (Wildman–Crippen LogP) is 2.71. The van der Waals surface area contributed by atoms with Crippen molar-refractivity contribution in [1.29, 1.82) is 0 Å². The highest BCUT2D eigenvalue weighted by molar-refractivity contribution is 7.92. The van der Waals surface area contributed by atoms with Crippen LogP contribution in [0.5, 0.6) is 5.75 Å². The van der Waals surface area contributed by atoms with Gasteiger partial charge in [0.15, 0.2) is 0 Å². The van der Waals surface area contributed by atoms with Gasteiger partial charge in [-0.3, -0.25) is 4.72 Å². The molecule has 0 amide bonds. The van der Waals surface area contributed by atoms with Crippen LogP contribution in [0.4, 0.5) is 5.69 Å². The second kappa shape index (κ2) is 10.3. The van der Waals surface area contributed by atoms with Crippen LogP contribution in [0.1, 0.15) is 21.5 Å². The summed E-state index contributed by atoms with van der Waals surface area (Å²) < 4.78 is 35.7. The van der Waals surface area contributed by atoms with Crippen molar-refractivity contribution in [3.63, 3.8) is 0 Å². The van der Waals surface area contributed by atoms with Crippen molar-refractivity contribution in [2.24, 2.45) is 0 Å². The molecule has 7 nitrogen and oxygen atoms in total. The molecule has 0 aliphatic carbocycles. The lowest BCUT2D eigenvalue weighted by Gasteiger charge is -2.18. The van der Waals surface area contributed by atoms with E-state index in [-0.39, 0.29) is 11.3 Å². The smallest absolute Gasteiger partial charge is 0.341 e. The molecule has 2 aromatic rings. The van der Waals surface area contributed by atoms with Crippen LogP contribution in [0.25, 0.3) is 0 Å². The molecule has 0 saturated carbocycles. The van der Waals surface area contributed by atoms with Crippen molar-refractivity contribution in [2.45, 2.75) is 13.3 Å². The molecule has 2 rings (SSSR count). The summed E-state index contributed by atoms with van der Waals surface area (Å²) in [6, 6.07) is 13.0. The summed E-state index contributed by atoms with van der Waals surface area (Å²) in [5.74, 6) is -0.243. The average molecular weight is 421 g/mol. The topological polar surface area (TPSA) is 84.9 Å². The maximum Gasteiger partial charge on any atom is 0.341 e. The molecule has 0 saturated heterocycles. The molecule has 0 atom stereocenters. The zero-order valence-electron chi connectivity index (χ0n) is 17.3. The largest absolute Gasteiger partial charge is 0.491 e. The third kappa shape index (κ3) is 7.75. The number of likely N-dealkylation sites (N-methyl/N-ethyl adjacent to an activating group) is 1. The van der Waals surface area contributed by atoms with Crippen LogP contribution in [0.3, 0.4) is 0 Å². The number of benzene rings is 2. The quantitative estimate of drug-likeness (QED) is 0.595. The number of carbonyl (C=O) groups is 1. The number of carbonyl (C=O) groups excluding carboxylic acids is 1. The molecule has 0 heterocycles. The van der Waals surface area contributed by atoms with Gasteiger partial charge in [-0.15, -0.1) is 0 Å². The third-order valence-electron chi connectivity index (χ3n) is 4.32. The van der Waals surface area contributed by atoms with E-state index in [4.69, 9.17) is 9.47 Å². The summed E-state index contributed by atoms with van der Waals surface area (Å²) >= 11 is 0. The van der Waals surface area contributed by atoms with Gasteiger partial charge in [0.25, 0.3) is 0 Å². The maximum absolute atomic E-state index is 12.0. The van der Waals surface area contributed by atoms with Gasteiger partial charge >= 0.3 is 5.97 Å². The lowest BCUT2D eigenvalue weighted by atomic mass is 10.1. The minimum atomic E-state index is -3.45. The van der Waals surface area contributed by atoms with Crippen LogP contribution in [0, 0.1) is 6.92 Å². The van der Waals surface area contributed by atoms with Crippen LogP contribution in [-0.4, -0.2) is 59.4 Å². The molecule has 1 N–H and O–H groups in total. The fourth-order valence-electron chi connectivity index (χ4n) is 2.70. The number of hydrogen-bond acceptors (Lipinski definition) is 6. The van der Waals surface area contributed by atoms with Crippen LogP contribution >= 0.6 is 0 Å². The van der Waals surface area contributed by atoms with Crippen LogP contribution in [-0.2, 0) is 21.2 Å². The van der Waals surface area contributed by atoms with E-state index >= 15 is 0 Å². The second-order valence-electron chi connectivity index (χ2n) is 6.96. The van der Waals surface area contributed by atoms with Crippen molar-refractivity contribution in [2.75, 3.05) is 44.8 Å². The minimum absolute atomic E-state index is 0.170. The molecular weight excluding hydrogens is 392 g/mol. The van der Waals surface area contributed by atoms with Crippen LogP contribution in [0.2, 0.25) is 0 Å². The van der Waals surface area contributed by atoms with Gasteiger partial charge in [-0.1, -0.05) is 29.8 Å². The molecule has 0 spiro atoms. The summed E-state index contributed by atoms with van der Waals surface area (Å²) in [4.78, 5) is 14.2. The van der Waals surface area contributed by atoms with E-state index < -0.39 is 16.0 Å². The van der Waals surface area contributed by atoms with E-state index in [2.05, 4.69) is 40.8 Å². The molecule has 0 aromatic heterocycles. The van der Waals surface area contributed by atoms with Gasteiger partial charge in [-0.25, -0.2) is 13.2 Å². The van der Waals surface area contributed by atoms with Crippen molar-refractivity contribution >= 4 is 21.7 Å². The highest BCUT2D eigenvalue weighted by atomic mass is 32.2. The van der Waals surface area contributed by atoms with Crippen molar-refractivity contribution in [3.05, 3.63) is 59.2 Å². The number of esters is 1. The summed E-state index contributed by atoms with van der Waals surface area (Å²) in [7, 11) is -0.171. The number of nitrogens with one attached hydrogen (secondary N) is 1. The maximum atomic E-state index is 12.0. The van der Waals surface area contributed by atoms with Gasteiger partial charge in [-0.2, -0.15) is 0 Å². The highest BCUT2D eigenvalue weighted by Crippen LogP contribution is 2.24. The molecule has 29 heavy (non-hydrogen) atoms. The Morgan fingerprint density at radius 1 is 1.10 bits per heavy atom. The zero-order valence-corrected chi connectivity index (χ0v) is 18.1. The molecule has 0 aliphatic rings. The summed E-state index contributed by atoms with van der Waals surface area (Å²) in [6.45, 7) is 4.01. The molecular formula is C21H28N2O5S. The van der Waals surface area contributed by atoms with Gasteiger partial charge in [0.05, 0.1) is 13.4 Å². The van der Waals surface area contributed by atoms with E-state index in [1.54, 1.807) is 12.1 Å². The van der Waals surface area contributed by atoms with Gasteiger partial charge in [0.1, 0.15) is 17.9 Å². The first kappa shape index (κ1) is 22.7. The van der Waals surface area contributed by atoms with Crippen molar-refractivity contribution in [1.82, 2.24) is 4.90 Å². The van der Waals surface area contributed by atoms with Gasteiger partial charge in [-0.05, 0) is 44.2 Å². The van der Waals surface area contributed by atoms with E-state index in [0.717, 1.165) is 19.2 Å². The minimum Gasteiger partial charge on any atom is -0.491 e. The number of aryl methyl sites for hydroxylation is 1.